The molecule has 0 atom stereocenters. The summed E-state index contributed by atoms with van der Waals surface area (Å²) >= 11 is 0. The molecule has 3 heteroatoms. The van der Waals surface area contributed by atoms with Crippen molar-refractivity contribution in [1.29, 1.82) is 5.26 Å². The molecule has 0 spiro atoms. The number of rotatable bonds is 3. The zero-order valence-electron chi connectivity index (χ0n) is 9.29. The van der Waals surface area contributed by atoms with Gasteiger partial charge in [0.15, 0.2) is 0 Å². The van der Waals surface area contributed by atoms with Crippen LogP contribution >= 0.6 is 0 Å². The zero-order valence-corrected chi connectivity index (χ0v) is 9.29. The number of benzene rings is 1. The Morgan fingerprint density at radius 3 is 2.67 bits per heavy atom. The Morgan fingerprint density at radius 1 is 1.47 bits per heavy atom. The highest BCUT2D eigenvalue weighted by molar-refractivity contribution is 5.34. The first-order valence-electron chi connectivity index (χ1n) is 4.93. The fraction of sp³-hybridized carbons (Fsp3) is 0.417. The number of hydrogen-bond donors (Lipinski definition) is 0. The molecule has 0 aromatic heterocycles. The third kappa shape index (κ3) is 3.03. The van der Waals surface area contributed by atoms with Crippen LogP contribution in [-0.4, -0.2) is 18.0 Å². The molecule has 0 saturated carbocycles. The molecule has 1 aromatic carbocycles. The van der Waals surface area contributed by atoms with E-state index in [4.69, 9.17) is 5.26 Å². The van der Waals surface area contributed by atoms with Crippen molar-refractivity contribution in [3.8, 4) is 6.07 Å². The third-order valence-corrected chi connectivity index (χ3v) is 2.46. The van der Waals surface area contributed by atoms with Crippen molar-refractivity contribution in [2.45, 2.75) is 26.4 Å². The minimum absolute atomic E-state index is 0.115. The average Bonchev–Trinajstić information content (AvgIpc) is 2.20. The predicted molar refractivity (Wildman–Crippen MR) is 57.7 cm³/mol. The van der Waals surface area contributed by atoms with Crippen LogP contribution in [0.15, 0.2) is 18.2 Å². The van der Waals surface area contributed by atoms with Gasteiger partial charge < -0.3 is 0 Å². The zero-order chi connectivity index (χ0) is 11.4. The van der Waals surface area contributed by atoms with E-state index in [9.17, 15) is 4.39 Å². The van der Waals surface area contributed by atoms with Gasteiger partial charge in [-0.3, -0.25) is 4.90 Å². The van der Waals surface area contributed by atoms with Crippen molar-refractivity contribution in [2.24, 2.45) is 0 Å². The summed E-state index contributed by atoms with van der Waals surface area (Å²) < 4.78 is 13.0. The van der Waals surface area contributed by atoms with Crippen LogP contribution in [0.4, 0.5) is 4.39 Å². The number of nitriles is 1. The Morgan fingerprint density at radius 2 is 2.13 bits per heavy atom. The Bertz CT molecular complexity index is 380. The summed E-state index contributed by atoms with van der Waals surface area (Å²) in [6.45, 7) is 4.91. The second kappa shape index (κ2) is 4.90. The second-order valence-electron chi connectivity index (χ2n) is 3.93. The van der Waals surface area contributed by atoms with Crippen LogP contribution < -0.4 is 0 Å². The summed E-state index contributed by atoms with van der Waals surface area (Å²) in [7, 11) is 2.00. The van der Waals surface area contributed by atoms with Crippen LogP contribution in [0, 0.1) is 17.1 Å². The van der Waals surface area contributed by atoms with E-state index in [1.54, 1.807) is 12.1 Å². The van der Waals surface area contributed by atoms with Gasteiger partial charge in [-0.2, -0.15) is 5.26 Å². The molecule has 0 aliphatic carbocycles. The van der Waals surface area contributed by atoms with Gasteiger partial charge in [0.2, 0.25) is 0 Å². The van der Waals surface area contributed by atoms with Crippen LogP contribution in [0.5, 0.6) is 0 Å². The van der Waals surface area contributed by atoms with Crippen LogP contribution in [0.25, 0.3) is 0 Å². The fourth-order valence-electron chi connectivity index (χ4n) is 1.23. The summed E-state index contributed by atoms with van der Waals surface area (Å²) in [6, 6.07) is 6.95. The molecule has 2 nitrogen and oxygen atoms in total. The van der Waals surface area contributed by atoms with Gasteiger partial charge in [-0.1, -0.05) is 6.07 Å². The molecule has 15 heavy (non-hydrogen) atoms. The second-order valence-corrected chi connectivity index (χ2v) is 3.93. The smallest absolute Gasteiger partial charge is 0.140 e. The highest BCUT2D eigenvalue weighted by Gasteiger charge is 2.07. The highest BCUT2D eigenvalue weighted by atomic mass is 19.1. The van der Waals surface area contributed by atoms with E-state index in [0.717, 1.165) is 12.1 Å². The van der Waals surface area contributed by atoms with E-state index in [0.29, 0.717) is 6.04 Å². The molecule has 0 saturated heterocycles. The number of hydrogen-bond acceptors (Lipinski definition) is 2. The van der Waals surface area contributed by atoms with E-state index in [2.05, 4.69) is 18.7 Å². The molecule has 80 valence electrons. The topological polar surface area (TPSA) is 27.0 Å². The maximum absolute atomic E-state index is 13.0. The molecule has 0 unspecified atom stereocenters. The lowest BCUT2D eigenvalue weighted by Gasteiger charge is -2.20. The summed E-state index contributed by atoms with van der Waals surface area (Å²) in [4.78, 5) is 2.13. The Hall–Kier alpha value is -1.40. The Kier molecular flexibility index (Phi) is 3.81. The lowest BCUT2D eigenvalue weighted by Crippen LogP contribution is -2.25. The first-order chi connectivity index (χ1) is 7.04. The maximum Gasteiger partial charge on any atom is 0.140 e. The summed E-state index contributed by atoms with van der Waals surface area (Å²) in [5.74, 6) is -0.451. The Labute approximate surface area is 89.9 Å². The average molecular weight is 206 g/mol. The molecule has 0 amide bonds. The van der Waals surface area contributed by atoms with E-state index < -0.39 is 5.82 Å². The van der Waals surface area contributed by atoms with Gasteiger partial charge in [0.1, 0.15) is 11.9 Å². The third-order valence-electron chi connectivity index (χ3n) is 2.46. The molecule has 0 heterocycles. The first-order valence-corrected chi connectivity index (χ1v) is 4.93. The lowest BCUT2D eigenvalue weighted by molar-refractivity contribution is 0.265. The quantitative estimate of drug-likeness (QED) is 0.760. The fourth-order valence-corrected chi connectivity index (χ4v) is 1.23. The molecular formula is C12H15FN2. The monoisotopic (exact) mass is 206 g/mol. The van der Waals surface area contributed by atoms with Crippen LogP contribution in [0.2, 0.25) is 0 Å². The number of halogens is 1. The van der Waals surface area contributed by atoms with Crippen molar-refractivity contribution in [1.82, 2.24) is 4.90 Å². The van der Waals surface area contributed by atoms with Gasteiger partial charge in [-0.15, -0.1) is 0 Å². The standard InChI is InChI=1S/C12H15FN2/c1-9(2)15(3)8-10-4-5-12(13)11(6-10)7-14/h4-6,9H,8H2,1-3H3. The van der Waals surface area contributed by atoms with Crippen molar-refractivity contribution >= 4 is 0 Å². The summed E-state index contributed by atoms with van der Waals surface area (Å²) in [6.07, 6.45) is 0. The normalized spacial score (nSPS) is 10.7. The van der Waals surface area contributed by atoms with E-state index in [1.165, 1.54) is 6.07 Å². The van der Waals surface area contributed by atoms with Gasteiger partial charge in [0.25, 0.3) is 0 Å². The van der Waals surface area contributed by atoms with E-state index in [-0.39, 0.29) is 5.56 Å². The molecule has 0 radical (unpaired) electrons. The van der Waals surface area contributed by atoms with Gasteiger partial charge in [-0.05, 0) is 38.6 Å². The molecule has 0 bridgehead atoms. The van der Waals surface area contributed by atoms with E-state index >= 15 is 0 Å². The summed E-state index contributed by atoms with van der Waals surface area (Å²) in [5.41, 5.74) is 1.08. The SMILES string of the molecule is CC(C)N(C)Cc1ccc(F)c(C#N)c1. The maximum atomic E-state index is 13.0. The van der Waals surface area contributed by atoms with E-state index in [1.807, 2.05) is 13.1 Å². The highest BCUT2D eigenvalue weighted by Crippen LogP contribution is 2.12. The first kappa shape index (κ1) is 11.7. The molecular weight excluding hydrogens is 191 g/mol. The number of nitrogens with zero attached hydrogens (tertiary/aromatic N) is 2. The van der Waals surface area contributed by atoms with Crippen molar-refractivity contribution in [2.75, 3.05) is 7.05 Å². The van der Waals surface area contributed by atoms with Gasteiger partial charge in [0.05, 0.1) is 5.56 Å². The molecule has 0 aliphatic heterocycles. The lowest BCUT2D eigenvalue weighted by atomic mass is 10.1. The largest absolute Gasteiger partial charge is 0.300 e. The van der Waals surface area contributed by atoms with Gasteiger partial charge in [0, 0.05) is 12.6 Å². The molecule has 1 aromatic rings. The van der Waals surface area contributed by atoms with Crippen molar-refractivity contribution < 1.29 is 4.39 Å². The van der Waals surface area contributed by atoms with Crippen LogP contribution in [0.3, 0.4) is 0 Å². The minimum atomic E-state index is -0.451. The van der Waals surface area contributed by atoms with Crippen LogP contribution in [-0.2, 0) is 6.54 Å². The molecule has 1 rings (SSSR count). The molecule has 0 N–H and O–H groups in total. The van der Waals surface area contributed by atoms with Crippen molar-refractivity contribution in [3.05, 3.63) is 35.1 Å². The summed E-state index contributed by atoms with van der Waals surface area (Å²) in [5, 5.41) is 8.68. The van der Waals surface area contributed by atoms with Crippen molar-refractivity contribution in [3.63, 3.8) is 0 Å². The van der Waals surface area contributed by atoms with Gasteiger partial charge in [-0.25, -0.2) is 4.39 Å². The predicted octanol–water partition coefficient (Wildman–Crippen LogP) is 2.54. The van der Waals surface area contributed by atoms with Gasteiger partial charge >= 0.3 is 0 Å². The Balaban J connectivity index is 2.84. The minimum Gasteiger partial charge on any atom is -0.300 e. The molecule has 0 aliphatic rings. The molecule has 0 fully saturated rings. The van der Waals surface area contributed by atoms with Crippen LogP contribution in [0.1, 0.15) is 25.0 Å².